The van der Waals surface area contributed by atoms with Crippen molar-refractivity contribution in [2.45, 2.75) is 59.0 Å². The van der Waals surface area contributed by atoms with Crippen LogP contribution in [0.2, 0.25) is 0 Å². The number of amides is 1. The summed E-state index contributed by atoms with van der Waals surface area (Å²) in [6, 6.07) is 16.2. The van der Waals surface area contributed by atoms with Gasteiger partial charge >= 0.3 is 0 Å². The van der Waals surface area contributed by atoms with E-state index in [1.165, 1.54) is 0 Å². The van der Waals surface area contributed by atoms with Crippen LogP contribution in [0, 0.1) is 5.92 Å². The second-order valence-corrected chi connectivity index (χ2v) is 7.49. The Bertz CT molecular complexity index is 775. The summed E-state index contributed by atoms with van der Waals surface area (Å²) in [5.74, 6) is 1.84. The van der Waals surface area contributed by atoms with Gasteiger partial charge in [-0.25, -0.2) is 0 Å². The van der Waals surface area contributed by atoms with Crippen LogP contribution in [0.4, 0.5) is 0 Å². The molecule has 2 atom stereocenters. The van der Waals surface area contributed by atoms with E-state index < -0.39 is 0 Å². The summed E-state index contributed by atoms with van der Waals surface area (Å²) in [5, 5.41) is 0. The predicted molar refractivity (Wildman–Crippen MR) is 111 cm³/mol. The minimum absolute atomic E-state index is 0.00907. The number of nitrogens with zero attached hydrogens (tertiary/aromatic N) is 1. The molecule has 150 valence electrons. The van der Waals surface area contributed by atoms with Gasteiger partial charge in [-0.3, -0.25) is 4.79 Å². The quantitative estimate of drug-likeness (QED) is 0.557. The highest BCUT2D eigenvalue weighted by Gasteiger charge is 2.28. The molecule has 0 N–H and O–H groups in total. The molecule has 2 aromatic carbocycles. The van der Waals surface area contributed by atoms with Crippen molar-refractivity contribution in [3.8, 4) is 11.5 Å². The van der Waals surface area contributed by atoms with E-state index in [2.05, 4.69) is 32.9 Å². The molecule has 4 heteroatoms. The van der Waals surface area contributed by atoms with Gasteiger partial charge in [0.05, 0.1) is 6.04 Å². The third-order valence-electron chi connectivity index (χ3n) is 5.57. The molecular weight excluding hydrogens is 350 g/mol. The van der Waals surface area contributed by atoms with Gasteiger partial charge in [-0.1, -0.05) is 63.1 Å². The molecule has 1 heterocycles. The zero-order chi connectivity index (χ0) is 19.9. The lowest BCUT2D eigenvalue weighted by atomic mass is 9.95. The monoisotopic (exact) mass is 381 g/mol. The van der Waals surface area contributed by atoms with Gasteiger partial charge in [-0.05, 0) is 43.0 Å². The molecule has 1 aliphatic rings. The van der Waals surface area contributed by atoms with E-state index in [-0.39, 0.29) is 24.7 Å². The van der Waals surface area contributed by atoms with Gasteiger partial charge in [-0.2, -0.15) is 0 Å². The average molecular weight is 382 g/mol. The zero-order valence-corrected chi connectivity index (χ0v) is 17.2. The number of carbonyl (C=O) groups is 1. The Morgan fingerprint density at radius 2 is 1.82 bits per heavy atom. The Labute approximate surface area is 168 Å². The Balaban J connectivity index is 1.86. The second-order valence-electron chi connectivity index (χ2n) is 7.49. The molecule has 1 amide bonds. The first-order chi connectivity index (χ1) is 13.6. The molecule has 0 saturated carbocycles. The van der Waals surface area contributed by atoms with Crippen molar-refractivity contribution >= 4 is 5.91 Å². The number of rotatable bonds is 9. The maximum atomic E-state index is 13.5. The van der Waals surface area contributed by atoms with Crippen LogP contribution >= 0.6 is 0 Å². The third-order valence-corrected chi connectivity index (χ3v) is 5.57. The predicted octanol–water partition coefficient (Wildman–Crippen LogP) is 5.72. The van der Waals surface area contributed by atoms with Crippen LogP contribution < -0.4 is 9.47 Å². The number of carbonyl (C=O) groups excluding carboxylic acids is 1. The van der Waals surface area contributed by atoms with Crippen LogP contribution in [0.5, 0.6) is 11.5 Å². The summed E-state index contributed by atoms with van der Waals surface area (Å²) in [6.07, 6.45) is 4.02. The van der Waals surface area contributed by atoms with Gasteiger partial charge in [0.15, 0.2) is 11.5 Å². The first-order valence-corrected chi connectivity index (χ1v) is 10.4. The fourth-order valence-electron chi connectivity index (χ4n) is 3.74. The fraction of sp³-hybridized carbons (Fsp3) is 0.458. The molecular formula is C24H31NO3. The summed E-state index contributed by atoms with van der Waals surface area (Å²) >= 11 is 0. The molecule has 0 bridgehead atoms. The summed E-state index contributed by atoms with van der Waals surface area (Å²) < 4.78 is 10.9. The molecule has 0 spiro atoms. The Morgan fingerprint density at radius 1 is 1.07 bits per heavy atom. The lowest BCUT2D eigenvalue weighted by molar-refractivity contribution is -0.139. The van der Waals surface area contributed by atoms with Crippen molar-refractivity contribution in [2.75, 3.05) is 6.79 Å². The van der Waals surface area contributed by atoms with Gasteiger partial charge in [0.1, 0.15) is 0 Å². The maximum Gasteiger partial charge on any atom is 0.231 e. The molecule has 2 aromatic rings. The lowest BCUT2D eigenvalue weighted by Crippen LogP contribution is -2.37. The van der Waals surface area contributed by atoms with Crippen molar-refractivity contribution in [3.05, 3.63) is 59.7 Å². The van der Waals surface area contributed by atoms with Crippen LogP contribution in [-0.2, 0) is 11.3 Å². The lowest BCUT2D eigenvalue weighted by Gasteiger charge is -2.33. The number of benzene rings is 2. The molecule has 28 heavy (non-hydrogen) atoms. The van der Waals surface area contributed by atoms with Crippen LogP contribution in [0.15, 0.2) is 48.5 Å². The molecule has 0 aliphatic carbocycles. The maximum absolute atomic E-state index is 13.5. The largest absolute Gasteiger partial charge is 0.454 e. The van der Waals surface area contributed by atoms with Gasteiger partial charge in [-0.15, -0.1) is 0 Å². The second kappa shape index (κ2) is 9.63. The number of unbranched alkanes of at least 4 members (excludes halogenated alkanes) is 1. The van der Waals surface area contributed by atoms with Gasteiger partial charge in [0.25, 0.3) is 0 Å². The first kappa shape index (κ1) is 20.2. The van der Waals surface area contributed by atoms with Crippen molar-refractivity contribution in [3.63, 3.8) is 0 Å². The topological polar surface area (TPSA) is 38.8 Å². The van der Waals surface area contributed by atoms with E-state index in [9.17, 15) is 4.79 Å². The van der Waals surface area contributed by atoms with Gasteiger partial charge in [0, 0.05) is 12.5 Å². The molecule has 1 aliphatic heterocycles. The molecule has 3 rings (SSSR count). The van der Waals surface area contributed by atoms with E-state index in [4.69, 9.17) is 9.47 Å². The molecule has 0 fully saturated rings. The third kappa shape index (κ3) is 4.67. The first-order valence-electron chi connectivity index (χ1n) is 10.4. The van der Waals surface area contributed by atoms with E-state index >= 15 is 0 Å². The van der Waals surface area contributed by atoms with Crippen LogP contribution in [-0.4, -0.2) is 17.6 Å². The highest BCUT2D eigenvalue weighted by atomic mass is 16.7. The Kier molecular flexibility index (Phi) is 6.96. The van der Waals surface area contributed by atoms with Gasteiger partial charge in [0.2, 0.25) is 12.7 Å². The number of hydrogen-bond acceptors (Lipinski definition) is 3. The van der Waals surface area contributed by atoms with Crippen molar-refractivity contribution in [2.24, 2.45) is 5.92 Å². The van der Waals surface area contributed by atoms with E-state index in [1.54, 1.807) is 0 Å². The van der Waals surface area contributed by atoms with E-state index in [0.29, 0.717) is 6.54 Å². The molecule has 4 nitrogen and oxygen atoms in total. The standard InChI is InChI=1S/C24H31NO3/c1-4-6-10-20(5-2)24(26)25(18(3)21-11-8-7-9-12-21)16-19-13-14-22-23(15-19)28-17-27-22/h7-9,11-15,18,20H,4-6,10,16-17H2,1-3H3. The molecule has 0 aromatic heterocycles. The minimum atomic E-state index is 0.00907. The van der Waals surface area contributed by atoms with E-state index in [0.717, 1.165) is 48.3 Å². The smallest absolute Gasteiger partial charge is 0.231 e. The minimum Gasteiger partial charge on any atom is -0.454 e. The summed E-state index contributed by atoms with van der Waals surface area (Å²) in [4.78, 5) is 15.5. The fourth-order valence-corrected chi connectivity index (χ4v) is 3.74. The molecule has 0 saturated heterocycles. The summed E-state index contributed by atoms with van der Waals surface area (Å²) in [6.45, 7) is 7.23. The highest BCUT2D eigenvalue weighted by Crippen LogP contribution is 2.34. The van der Waals surface area contributed by atoms with E-state index in [1.807, 2.05) is 41.3 Å². The van der Waals surface area contributed by atoms with Crippen molar-refractivity contribution in [1.29, 1.82) is 0 Å². The average Bonchev–Trinajstić information content (AvgIpc) is 3.20. The van der Waals surface area contributed by atoms with Crippen LogP contribution in [0.25, 0.3) is 0 Å². The number of fused-ring (bicyclic) bond motifs is 1. The number of ether oxygens (including phenoxy) is 2. The normalized spacial score (nSPS) is 14.5. The van der Waals surface area contributed by atoms with Crippen molar-refractivity contribution in [1.82, 2.24) is 4.90 Å². The van der Waals surface area contributed by atoms with Crippen LogP contribution in [0.1, 0.15) is 63.6 Å². The summed E-state index contributed by atoms with van der Waals surface area (Å²) in [7, 11) is 0. The summed E-state index contributed by atoms with van der Waals surface area (Å²) in [5.41, 5.74) is 2.22. The van der Waals surface area contributed by atoms with Gasteiger partial charge < -0.3 is 14.4 Å². The molecule has 0 radical (unpaired) electrons. The Morgan fingerprint density at radius 3 is 2.54 bits per heavy atom. The zero-order valence-electron chi connectivity index (χ0n) is 17.2. The van der Waals surface area contributed by atoms with Crippen molar-refractivity contribution < 1.29 is 14.3 Å². The number of hydrogen-bond donors (Lipinski definition) is 0. The SMILES string of the molecule is CCCCC(CC)C(=O)N(Cc1ccc2c(c1)OCO2)C(C)c1ccccc1. The highest BCUT2D eigenvalue weighted by molar-refractivity contribution is 5.79. The Hall–Kier alpha value is -2.49. The molecule has 2 unspecified atom stereocenters. The van der Waals surface area contributed by atoms with Crippen LogP contribution in [0.3, 0.4) is 0 Å².